The van der Waals surface area contributed by atoms with Gasteiger partial charge in [-0.15, -0.1) is 0 Å². The molecule has 1 amide bonds. The van der Waals surface area contributed by atoms with Gasteiger partial charge < -0.3 is 9.73 Å². The molecule has 0 unspecified atom stereocenters. The van der Waals surface area contributed by atoms with Gasteiger partial charge in [-0.05, 0) is 47.7 Å². The fourth-order valence-corrected chi connectivity index (χ4v) is 3.54. The van der Waals surface area contributed by atoms with Crippen molar-refractivity contribution in [2.75, 3.05) is 5.32 Å². The van der Waals surface area contributed by atoms with Crippen molar-refractivity contribution in [1.29, 1.82) is 0 Å². The molecule has 0 atom stereocenters. The highest BCUT2D eigenvalue weighted by Gasteiger charge is 2.15. The summed E-state index contributed by atoms with van der Waals surface area (Å²) in [6, 6.07) is 22.1. The molecule has 0 aliphatic carbocycles. The Labute approximate surface area is 181 Å². The van der Waals surface area contributed by atoms with Crippen molar-refractivity contribution in [2.24, 2.45) is 0 Å². The molecule has 0 radical (unpaired) electrons. The van der Waals surface area contributed by atoms with E-state index in [9.17, 15) is 9.59 Å². The highest BCUT2D eigenvalue weighted by atomic mass is 16.3. The average Bonchev–Trinajstić information content (AvgIpc) is 2.74. The van der Waals surface area contributed by atoms with Crippen molar-refractivity contribution in [3.8, 4) is 11.3 Å². The van der Waals surface area contributed by atoms with Crippen molar-refractivity contribution in [2.45, 2.75) is 33.1 Å². The van der Waals surface area contributed by atoms with E-state index in [2.05, 4.69) is 38.2 Å². The summed E-state index contributed by atoms with van der Waals surface area (Å²) in [5.74, 6) is 0.312. The van der Waals surface area contributed by atoms with E-state index in [1.165, 1.54) is 11.6 Å². The number of anilines is 1. The van der Waals surface area contributed by atoms with Gasteiger partial charge in [0.1, 0.15) is 11.3 Å². The van der Waals surface area contributed by atoms with E-state index in [4.69, 9.17) is 4.42 Å². The number of rotatable bonds is 3. The van der Waals surface area contributed by atoms with Crippen molar-refractivity contribution in [3.63, 3.8) is 0 Å². The fraction of sp³-hybridized carbons (Fsp3) is 0.185. The highest BCUT2D eigenvalue weighted by Crippen LogP contribution is 2.28. The summed E-state index contributed by atoms with van der Waals surface area (Å²) in [5, 5.41) is 3.29. The molecule has 4 nitrogen and oxygen atoms in total. The Morgan fingerprint density at radius 1 is 0.903 bits per heavy atom. The molecule has 0 aliphatic rings. The van der Waals surface area contributed by atoms with Crippen LogP contribution >= 0.6 is 0 Å². The first-order valence-electron chi connectivity index (χ1n) is 10.3. The van der Waals surface area contributed by atoms with Gasteiger partial charge >= 0.3 is 0 Å². The van der Waals surface area contributed by atoms with Gasteiger partial charge in [-0.2, -0.15) is 0 Å². The van der Waals surface area contributed by atoms with Gasteiger partial charge in [0.15, 0.2) is 5.43 Å². The van der Waals surface area contributed by atoms with E-state index < -0.39 is 0 Å². The zero-order chi connectivity index (χ0) is 22.2. The first-order chi connectivity index (χ1) is 14.7. The molecular formula is C27H25NO3. The van der Waals surface area contributed by atoms with Gasteiger partial charge in [0, 0.05) is 22.9 Å². The van der Waals surface area contributed by atoms with E-state index >= 15 is 0 Å². The van der Waals surface area contributed by atoms with Crippen molar-refractivity contribution >= 4 is 22.6 Å². The van der Waals surface area contributed by atoms with Crippen LogP contribution in [-0.2, 0) is 5.41 Å². The number of nitrogens with one attached hydrogen (secondary N) is 1. The maximum atomic E-state index is 12.8. The second-order valence-electron chi connectivity index (χ2n) is 8.78. The van der Waals surface area contributed by atoms with Crippen LogP contribution in [0.2, 0.25) is 0 Å². The third-order valence-electron chi connectivity index (χ3n) is 5.41. The lowest BCUT2D eigenvalue weighted by Gasteiger charge is -2.19. The number of amides is 1. The molecule has 0 saturated heterocycles. The number of fused-ring (bicyclic) bond motifs is 1. The van der Waals surface area contributed by atoms with E-state index in [1.54, 1.807) is 24.3 Å². The normalized spacial score (nSPS) is 11.5. The van der Waals surface area contributed by atoms with Crippen LogP contribution in [0.3, 0.4) is 0 Å². The van der Waals surface area contributed by atoms with E-state index in [1.807, 2.05) is 37.3 Å². The molecule has 1 heterocycles. The fourth-order valence-electron chi connectivity index (χ4n) is 3.54. The molecule has 0 aliphatic heterocycles. The molecule has 1 aromatic heterocycles. The number of hydrogen-bond donors (Lipinski definition) is 1. The molecule has 4 rings (SSSR count). The zero-order valence-electron chi connectivity index (χ0n) is 18.2. The Balaban J connectivity index is 1.65. The Morgan fingerprint density at radius 3 is 2.29 bits per heavy atom. The van der Waals surface area contributed by atoms with Crippen LogP contribution in [0.1, 0.15) is 42.3 Å². The van der Waals surface area contributed by atoms with Gasteiger partial charge in [0.25, 0.3) is 5.91 Å². The van der Waals surface area contributed by atoms with Gasteiger partial charge in [-0.25, -0.2) is 0 Å². The minimum absolute atomic E-state index is 0.0574. The van der Waals surface area contributed by atoms with Gasteiger partial charge in [-0.1, -0.05) is 63.2 Å². The monoisotopic (exact) mass is 411 g/mol. The second-order valence-corrected chi connectivity index (χ2v) is 8.78. The predicted octanol–water partition coefficient (Wildman–Crippen LogP) is 6.32. The topological polar surface area (TPSA) is 59.3 Å². The number of hydrogen-bond acceptors (Lipinski definition) is 3. The highest BCUT2D eigenvalue weighted by molar-refractivity contribution is 6.06. The SMILES string of the molecule is Cc1ccccc1C(=O)Nc1ccc2oc(-c3ccc(C(C)(C)C)cc3)cc(=O)c2c1. The first-order valence-corrected chi connectivity index (χ1v) is 10.3. The Morgan fingerprint density at radius 2 is 1.61 bits per heavy atom. The Kier molecular flexibility index (Phi) is 5.24. The molecule has 1 N–H and O–H groups in total. The number of benzene rings is 3. The Bertz CT molecular complexity index is 1330. The third-order valence-corrected chi connectivity index (χ3v) is 5.41. The van der Waals surface area contributed by atoms with Crippen molar-refractivity contribution in [3.05, 3.63) is 99.7 Å². The second kappa shape index (κ2) is 7.88. The van der Waals surface area contributed by atoms with Gasteiger partial charge in [-0.3, -0.25) is 9.59 Å². The lowest BCUT2D eigenvalue weighted by atomic mass is 9.86. The smallest absolute Gasteiger partial charge is 0.255 e. The summed E-state index contributed by atoms with van der Waals surface area (Å²) >= 11 is 0. The third kappa shape index (κ3) is 4.29. The summed E-state index contributed by atoms with van der Waals surface area (Å²) < 4.78 is 6.01. The summed E-state index contributed by atoms with van der Waals surface area (Å²) in [6.07, 6.45) is 0. The molecule has 0 spiro atoms. The summed E-state index contributed by atoms with van der Waals surface area (Å²) in [7, 11) is 0. The molecule has 4 heteroatoms. The summed E-state index contributed by atoms with van der Waals surface area (Å²) in [5.41, 5.74) is 4.50. The van der Waals surface area contributed by atoms with Crippen molar-refractivity contribution < 1.29 is 9.21 Å². The van der Waals surface area contributed by atoms with Crippen LogP contribution in [0, 0.1) is 6.92 Å². The standard InChI is InChI=1S/C27H25NO3/c1-17-7-5-6-8-21(17)26(30)28-20-13-14-24-22(15-20)23(29)16-25(31-24)18-9-11-19(12-10-18)27(2,3)4/h5-16H,1-4H3,(H,28,30). The van der Waals surface area contributed by atoms with Gasteiger partial charge in [0.2, 0.25) is 0 Å². The molecular weight excluding hydrogens is 386 g/mol. The minimum Gasteiger partial charge on any atom is -0.456 e. The van der Waals surface area contributed by atoms with Crippen LogP contribution < -0.4 is 10.7 Å². The van der Waals surface area contributed by atoms with Gasteiger partial charge in [0.05, 0.1) is 5.39 Å². The maximum absolute atomic E-state index is 12.8. The summed E-state index contributed by atoms with van der Waals surface area (Å²) in [4.78, 5) is 25.4. The van der Waals surface area contributed by atoms with E-state index in [0.717, 1.165) is 11.1 Å². The molecule has 3 aromatic carbocycles. The van der Waals surface area contributed by atoms with Crippen molar-refractivity contribution in [1.82, 2.24) is 0 Å². The molecule has 0 saturated carbocycles. The van der Waals surface area contributed by atoms with Crippen LogP contribution in [0.25, 0.3) is 22.3 Å². The largest absolute Gasteiger partial charge is 0.456 e. The summed E-state index contributed by atoms with van der Waals surface area (Å²) in [6.45, 7) is 8.37. The number of carbonyl (C=O) groups is 1. The average molecular weight is 412 g/mol. The zero-order valence-corrected chi connectivity index (χ0v) is 18.2. The van der Waals surface area contributed by atoms with Crippen LogP contribution in [-0.4, -0.2) is 5.91 Å². The van der Waals surface area contributed by atoms with Crippen LogP contribution in [0.15, 0.2) is 82.0 Å². The van der Waals surface area contributed by atoms with Crippen LogP contribution in [0.4, 0.5) is 5.69 Å². The predicted molar refractivity (Wildman–Crippen MR) is 126 cm³/mol. The first kappa shape index (κ1) is 20.6. The van der Waals surface area contributed by atoms with E-state index in [-0.39, 0.29) is 16.8 Å². The lowest BCUT2D eigenvalue weighted by molar-refractivity contribution is 0.102. The molecule has 31 heavy (non-hydrogen) atoms. The Hall–Kier alpha value is -3.66. The van der Waals surface area contributed by atoms with E-state index in [0.29, 0.717) is 28.0 Å². The van der Waals surface area contributed by atoms with Crippen LogP contribution in [0.5, 0.6) is 0 Å². The molecule has 0 fully saturated rings. The molecule has 4 aromatic rings. The minimum atomic E-state index is -0.211. The number of carbonyl (C=O) groups excluding carboxylic acids is 1. The lowest BCUT2D eigenvalue weighted by Crippen LogP contribution is -2.13. The molecule has 156 valence electrons. The molecule has 0 bridgehead atoms. The maximum Gasteiger partial charge on any atom is 0.255 e. The number of aryl methyl sites for hydroxylation is 1. The quantitative estimate of drug-likeness (QED) is 0.429.